The number of amides is 1. The number of carbonyl (C=O) groups is 1. The highest BCUT2D eigenvalue weighted by Crippen LogP contribution is 2.07. The van der Waals surface area contributed by atoms with Crippen molar-refractivity contribution in [2.24, 2.45) is 5.73 Å². The van der Waals surface area contributed by atoms with E-state index in [1.165, 1.54) is 12.4 Å². The molecule has 0 saturated heterocycles. The van der Waals surface area contributed by atoms with Crippen molar-refractivity contribution in [2.75, 3.05) is 6.54 Å². The molecule has 0 saturated carbocycles. The molecule has 0 bridgehead atoms. The van der Waals surface area contributed by atoms with E-state index in [-0.39, 0.29) is 5.91 Å². The number of carbonyl (C=O) groups excluding carboxylic acids is 1. The third-order valence-electron chi connectivity index (χ3n) is 2.63. The third-order valence-corrected chi connectivity index (χ3v) is 2.63. The van der Waals surface area contributed by atoms with Crippen LogP contribution in [0.3, 0.4) is 0 Å². The predicted molar refractivity (Wildman–Crippen MR) is 75.6 cm³/mol. The lowest BCUT2D eigenvalue weighted by molar-refractivity contribution is 0.0950. The lowest BCUT2D eigenvalue weighted by Crippen LogP contribution is -2.23. The maximum absolute atomic E-state index is 11.9. The van der Waals surface area contributed by atoms with Crippen molar-refractivity contribution in [1.82, 2.24) is 15.5 Å². The summed E-state index contributed by atoms with van der Waals surface area (Å²) < 4.78 is 0. The molecule has 0 aliphatic heterocycles. The summed E-state index contributed by atoms with van der Waals surface area (Å²) in [6, 6.07) is 9.24. The molecule has 2 aromatic rings. The third kappa shape index (κ3) is 3.64. The van der Waals surface area contributed by atoms with E-state index < -0.39 is 0 Å². The Morgan fingerprint density at radius 2 is 2.10 bits per heavy atom. The number of nitrogens with two attached hydrogens (primary N) is 1. The molecule has 0 radical (unpaired) electrons. The number of hydrogen-bond donors (Lipinski definition) is 2. The highest BCUT2D eigenvalue weighted by atomic mass is 16.1. The van der Waals surface area contributed by atoms with E-state index in [1.54, 1.807) is 6.07 Å². The smallest absolute Gasteiger partial charge is 0.253 e. The van der Waals surface area contributed by atoms with Gasteiger partial charge in [0.05, 0.1) is 24.5 Å². The molecule has 0 unspecified atom stereocenters. The summed E-state index contributed by atoms with van der Waals surface area (Å²) >= 11 is 0. The normalized spacial score (nSPS) is 9.45. The number of rotatable bonds is 3. The first-order valence-electron chi connectivity index (χ1n) is 6.13. The zero-order chi connectivity index (χ0) is 14.2. The van der Waals surface area contributed by atoms with Gasteiger partial charge in [-0.15, -0.1) is 0 Å². The van der Waals surface area contributed by atoms with Gasteiger partial charge in [-0.25, -0.2) is 0 Å². The first kappa shape index (κ1) is 13.7. The number of aromatic nitrogens is 2. The van der Waals surface area contributed by atoms with Gasteiger partial charge in [-0.3, -0.25) is 4.79 Å². The van der Waals surface area contributed by atoms with Crippen molar-refractivity contribution in [3.8, 4) is 11.8 Å². The second kappa shape index (κ2) is 7.02. The van der Waals surface area contributed by atoms with Gasteiger partial charge in [-0.2, -0.15) is 10.2 Å². The van der Waals surface area contributed by atoms with Crippen molar-refractivity contribution < 1.29 is 4.79 Å². The number of benzene rings is 1. The van der Waals surface area contributed by atoms with Crippen molar-refractivity contribution in [2.45, 2.75) is 6.54 Å². The predicted octanol–water partition coefficient (Wildman–Crippen LogP) is 0.717. The summed E-state index contributed by atoms with van der Waals surface area (Å²) in [6.07, 6.45) is 2.91. The van der Waals surface area contributed by atoms with E-state index >= 15 is 0 Å². The monoisotopic (exact) mass is 266 g/mol. The van der Waals surface area contributed by atoms with Gasteiger partial charge >= 0.3 is 0 Å². The Hall–Kier alpha value is -2.71. The highest BCUT2D eigenvalue weighted by molar-refractivity contribution is 5.93. The number of nitrogens with zero attached hydrogens (tertiary/aromatic N) is 2. The molecule has 5 nitrogen and oxygen atoms in total. The summed E-state index contributed by atoms with van der Waals surface area (Å²) in [4.78, 5) is 11.9. The molecular weight excluding hydrogens is 252 g/mol. The molecular formula is C15H14N4O. The van der Waals surface area contributed by atoms with Gasteiger partial charge in [-0.05, 0) is 17.7 Å². The minimum atomic E-state index is -0.193. The SMILES string of the molecule is NCC#Cc1ccccc1CNC(=O)c1ccnnc1. The minimum Gasteiger partial charge on any atom is -0.348 e. The largest absolute Gasteiger partial charge is 0.348 e. The maximum atomic E-state index is 11.9. The summed E-state index contributed by atoms with van der Waals surface area (Å²) in [5, 5.41) is 10.1. The van der Waals surface area contributed by atoms with Crippen LogP contribution in [0.4, 0.5) is 0 Å². The minimum absolute atomic E-state index is 0.193. The molecule has 2 rings (SSSR count). The van der Waals surface area contributed by atoms with Crippen molar-refractivity contribution in [3.63, 3.8) is 0 Å². The Morgan fingerprint density at radius 3 is 2.85 bits per heavy atom. The molecule has 100 valence electrons. The summed E-state index contributed by atoms with van der Waals surface area (Å²) in [5.41, 5.74) is 7.66. The van der Waals surface area contributed by atoms with Crippen molar-refractivity contribution in [1.29, 1.82) is 0 Å². The fraction of sp³-hybridized carbons (Fsp3) is 0.133. The summed E-state index contributed by atoms with van der Waals surface area (Å²) in [7, 11) is 0. The van der Waals surface area contributed by atoms with Crippen LogP contribution in [0.2, 0.25) is 0 Å². The number of nitrogens with one attached hydrogen (secondary N) is 1. The van der Waals surface area contributed by atoms with E-state index in [0.29, 0.717) is 18.7 Å². The number of hydrogen-bond acceptors (Lipinski definition) is 4. The molecule has 3 N–H and O–H groups in total. The molecule has 20 heavy (non-hydrogen) atoms. The summed E-state index contributed by atoms with van der Waals surface area (Å²) in [5.74, 6) is 5.61. The van der Waals surface area contributed by atoms with Crippen LogP contribution in [-0.2, 0) is 6.54 Å². The van der Waals surface area contributed by atoms with Crippen LogP contribution < -0.4 is 11.1 Å². The molecule has 1 amide bonds. The lowest BCUT2D eigenvalue weighted by atomic mass is 10.1. The molecule has 1 heterocycles. The van der Waals surface area contributed by atoms with Gasteiger partial charge in [0, 0.05) is 12.1 Å². The fourth-order valence-electron chi connectivity index (χ4n) is 1.65. The van der Waals surface area contributed by atoms with Crippen molar-refractivity contribution >= 4 is 5.91 Å². The molecule has 0 atom stereocenters. The van der Waals surface area contributed by atoms with Crippen LogP contribution in [-0.4, -0.2) is 22.6 Å². The Morgan fingerprint density at radius 1 is 1.25 bits per heavy atom. The van der Waals surface area contributed by atoms with E-state index in [9.17, 15) is 4.79 Å². The zero-order valence-corrected chi connectivity index (χ0v) is 10.8. The average Bonchev–Trinajstić information content (AvgIpc) is 2.52. The van der Waals surface area contributed by atoms with E-state index in [4.69, 9.17) is 5.73 Å². The first-order valence-corrected chi connectivity index (χ1v) is 6.13. The van der Waals surface area contributed by atoms with Crippen LogP contribution in [0.15, 0.2) is 42.7 Å². The van der Waals surface area contributed by atoms with Gasteiger partial charge in [0.15, 0.2) is 0 Å². The van der Waals surface area contributed by atoms with Crippen LogP contribution in [0.5, 0.6) is 0 Å². The van der Waals surface area contributed by atoms with Crippen molar-refractivity contribution in [3.05, 3.63) is 59.4 Å². The Balaban J connectivity index is 2.06. The van der Waals surface area contributed by atoms with Gasteiger partial charge in [-0.1, -0.05) is 30.0 Å². The Labute approximate surface area is 117 Å². The Kier molecular flexibility index (Phi) is 4.81. The van der Waals surface area contributed by atoms with Gasteiger partial charge in [0.1, 0.15) is 0 Å². The van der Waals surface area contributed by atoms with Gasteiger partial charge < -0.3 is 11.1 Å². The zero-order valence-electron chi connectivity index (χ0n) is 10.8. The second-order valence-electron chi connectivity index (χ2n) is 3.98. The van der Waals surface area contributed by atoms with Gasteiger partial charge in [0.2, 0.25) is 0 Å². The average molecular weight is 266 g/mol. The quantitative estimate of drug-likeness (QED) is 0.802. The Bertz CT molecular complexity index is 644. The lowest BCUT2D eigenvalue weighted by Gasteiger charge is -2.07. The molecule has 5 heteroatoms. The van der Waals surface area contributed by atoms with Crippen LogP contribution in [0, 0.1) is 11.8 Å². The molecule has 0 aliphatic carbocycles. The van der Waals surface area contributed by atoms with Crippen LogP contribution in [0.25, 0.3) is 0 Å². The molecule has 0 spiro atoms. The van der Waals surface area contributed by atoms with Crippen LogP contribution in [0.1, 0.15) is 21.5 Å². The van der Waals surface area contributed by atoms with E-state index in [1.807, 2.05) is 24.3 Å². The van der Waals surface area contributed by atoms with Crippen LogP contribution >= 0.6 is 0 Å². The van der Waals surface area contributed by atoms with E-state index in [0.717, 1.165) is 11.1 Å². The fourth-order valence-corrected chi connectivity index (χ4v) is 1.65. The highest BCUT2D eigenvalue weighted by Gasteiger charge is 2.06. The first-order chi connectivity index (χ1) is 9.81. The molecule has 1 aromatic heterocycles. The second-order valence-corrected chi connectivity index (χ2v) is 3.98. The summed E-state index contributed by atoms with van der Waals surface area (Å²) in [6.45, 7) is 0.708. The molecule has 1 aromatic carbocycles. The topological polar surface area (TPSA) is 80.9 Å². The van der Waals surface area contributed by atoms with E-state index in [2.05, 4.69) is 27.4 Å². The standard InChI is InChI=1S/C15H14N4O/c16-8-3-6-12-4-1-2-5-13(12)10-17-15(20)14-7-9-18-19-11-14/h1-2,4-5,7,9,11H,8,10,16H2,(H,17,20). The molecule has 0 aliphatic rings. The maximum Gasteiger partial charge on any atom is 0.253 e. The van der Waals surface area contributed by atoms with Gasteiger partial charge in [0.25, 0.3) is 5.91 Å². The molecule has 0 fully saturated rings.